The van der Waals surface area contributed by atoms with E-state index in [0.29, 0.717) is 23.7 Å². The van der Waals surface area contributed by atoms with Gasteiger partial charge in [-0.1, -0.05) is 18.2 Å². The van der Waals surface area contributed by atoms with Crippen molar-refractivity contribution >= 4 is 17.9 Å². The molecule has 0 aliphatic rings. The molecule has 2 aromatic carbocycles. The zero-order valence-electron chi connectivity index (χ0n) is 16.9. The van der Waals surface area contributed by atoms with Crippen molar-refractivity contribution in [1.82, 2.24) is 0 Å². The van der Waals surface area contributed by atoms with Gasteiger partial charge in [-0.3, -0.25) is 14.4 Å². The van der Waals surface area contributed by atoms with Gasteiger partial charge >= 0.3 is 17.9 Å². The van der Waals surface area contributed by atoms with Gasteiger partial charge in [0.25, 0.3) is 0 Å². The highest BCUT2D eigenvalue weighted by Crippen LogP contribution is 2.33. The highest BCUT2D eigenvalue weighted by atomic mass is 16.6. The molecule has 0 N–H and O–H groups in total. The van der Waals surface area contributed by atoms with Crippen LogP contribution in [-0.2, 0) is 25.5 Å². The average molecular weight is 400 g/mol. The first-order valence-corrected chi connectivity index (χ1v) is 9.05. The van der Waals surface area contributed by atoms with Gasteiger partial charge in [0.1, 0.15) is 5.75 Å². The van der Waals surface area contributed by atoms with Crippen molar-refractivity contribution in [2.75, 3.05) is 13.7 Å². The summed E-state index contributed by atoms with van der Waals surface area (Å²) in [5.41, 5.74) is 1.84. The molecule has 0 amide bonds. The average Bonchev–Trinajstić information content (AvgIpc) is 2.66. The van der Waals surface area contributed by atoms with Crippen LogP contribution in [0.2, 0.25) is 0 Å². The largest absolute Gasteiger partial charge is 0.493 e. The fourth-order valence-corrected chi connectivity index (χ4v) is 2.81. The van der Waals surface area contributed by atoms with Crippen molar-refractivity contribution in [2.24, 2.45) is 0 Å². The topological polar surface area (TPSA) is 88.1 Å². The van der Waals surface area contributed by atoms with Crippen molar-refractivity contribution < 1.29 is 33.3 Å². The second-order valence-electron chi connectivity index (χ2n) is 6.45. The first kappa shape index (κ1) is 21.9. The van der Waals surface area contributed by atoms with Gasteiger partial charge in [-0.25, -0.2) is 0 Å². The van der Waals surface area contributed by atoms with Crippen LogP contribution in [0.5, 0.6) is 17.2 Å². The van der Waals surface area contributed by atoms with Gasteiger partial charge in [0, 0.05) is 26.7 Å². The standard InChI is InChI=1S/C22H24O7/c1-14(23)27-13-19(11-17-5-8-20(9-6-17)28-15(2)24)18-7-10-21(29-16(3)25)22(12-18)26-4/h5-10,12,19H,11,13H2,1-4H3. The fraction of sp³-hybridized carbons (Fsp3) is 0.318. The molecule has 2 aromatic rings. The van der Waals surface area contributed by atoms with Crippen LogP contribution in [0.4, 0.5) is 0 Å². The van der Waals surface area contributed by atoms with E-state index in [-0.39, 0.29) is 24.5 Å². The predicted octanol–water partition coefficient (Wildman–Crippen LogP) is 3.44. The van der Waals surface area contributed by atoms with Crippen molar-refractivity contribution in [3.63, 3.8) is 0 Å². The molecule has 0 bridgehead atoms. The molecule has 29 heavy (non-hydrogen) atoms. The number of methoxy groups -OCH3 is 1. The molecule has 0 aliphatic carbocycles. The number of rotatable bonds is 8. The van der Waals surface area contributed by atoms with Crippen LogP contribution in [-0.4, -0.2) is 31.6 Å². The molecule has 1 unspecified atom stereocenters. The van der Waals surface area contributed by atoms with Crippen LogP contribution >= 0.6 is 0 Å². The van der Waals surface area contributed by atoms with Crippen LogP contribution in [0.3, 0.4) is 0 Å². The molecular formula is C22H24O7. The molecule has 0 radical (unpaired) electrons. The van der Waals surface area contributed by atoms with E-state index < -0.39 is 5.97 Å². The highest BCUT2D eigenvalue weighted by molar-refractivity contribution is 5.70. The zero-order chi connectivity index (χ0) is 21.4. The van der Waals surface area contributed by atoms with Gasteiger partial charge in [0.2, 0.25) is 0 Å². The summed E-state index contributed by atoms with van der Waals surface area (Å²) in [6.45, 7) is 4.19. The van der Waals surface area contributed by atoms with Crippen LogP contribution in [0.15, 0.2) is 42.5 Å². The van der Waals surface area contributed by atoms with E-state index in [0.717, 1.165) is 11.1 Å². The molecule has 0 spiro atoms. The third kappa shape index (κ3) is 6.95. The molecule has 7 heteroatoms. The first-order valence-electron chi connectivity index (χ1n) is 9.05. The summed E-state index contributed by atoms with van der Waals surface area (Å²) in [5, 5.41) is 0. The van der Waals surface area contributed by atoms with Crippen molar-refractivity contribution in [2.45, 2.75) is 33.1 Å². The van der Waals surface area contributed by atoms with E-state index in [1.807, 2.05) is 18.2 Å². The number of carbonyl (C=O) groups is 3. The van der Waals surface area contributed by atoms with Crippen molar-refractivity contribution in [3.05, 3.63) is 53.6 Å². The monoisotopic (exact) mass is 400 g/mol. The van der Waals surface area contributed by atoms with Crippen LogP contribution in [0, 0.1) is 0 Å². The molecule has 1 atom stereocenters. The highest BCUT2D eigenvalue weighted by Gasteiger charge is 2.18. The van der Waals surface area contributed by atoms with E-state index in [1.165, 1.54) is 27.9 Å². The van der Waals surface area contributed by atoms with Crippen LogP contribution in [0.1, 0.15) is 37.8 Å². The molecule has 0 aromatic heterocycles. The maximum atomic E-state index is 11.3. The van der Waals surface area contributed by atoms with Gasteiger partial charge in [0.15, 0.2) is 11.5 Å². The summed E-state index contributed by atoms with van der Waals surface area (Å²) in [6, 6.07) is 12.4. The van der Waals surface area contributed by atoms with Gasteiger partial charge in [-0.15, -0.1) is 0 Å². The lowest BCUT2D eigenvalue weighted by molar-refractivity contribution is -0.141. The van der Waals surface area contributed by atoms with E-state index in [9.17, 15) is 14.4 Å². The molecule has 154 valence electrons. The third-order valence-electron chi connectivity index (χ3n) is 4.07. The molecule has 0 fully saturated rings. The molecule has 0 aliphatic heterocycles. The van der Waals surface area contributed by atoms with Crippen molar-refractivity contribution in [1.29, 1.82) is 0 Å². The minimum Gasteiger partial charge on any atom is -0.493 e. The lowest BCUT2D eigenvalue weighted by atomic mass is 9.92. The van der Waals surface area contributed by atoms with Gasteiger partial charge < -0.3 is 18.9 Å². The second kappa shape index (κ2) is 10.3. The summed E-state index contributed by atoms with van der Waals surface area (Å²) in [6.07, 6.45) is 0.573. The van der Waals surface area contributed by atoms with Crippen molar-refractivity contribution in [3.8, 4) is 17.2 Å². The lowest BCUT2D eigenvalue weighted by Crippen LogP contribution is -2.14. The summed E-state index contributed by atoms with van der Waals surface area (Å²) in [5.74, 6) is -0.157. The summed E-state index contributed by atoms with van der Waals surface area (Å²) in [4.78, 5) is 33.6. The normalized spacial score (nSPS) is 11.3. The maximum Gasteiger partial charge on any atom is 0.308 e. The smallest absolute Gasteiger partial charge is 0.308 e. The zero-order valence-corrected chi connectivity index (χ0v) is 16.9. The summed E-state index contributed by atoms with van der Waals surface area (Å²) >= 11 is 0. The Hall–Kier alpha value is -3.35. The molecule has 2 rings (SSSR count). The van der Waals surface area contributed by atoms with E-state index >= 15 is 0 Å². The van der Waals surface area contributed by atoms with Crippen LogP contribution < -0.4 is 14.2 Å². The Morgan fingerprint density at radius 1 is 0.828 bits per heavy atom. The second-order valence-corrected chi connectivity index (χ2v) is 6.45. The van der Waals surface area contributed by atoms with E-state index in [2.05, 4.69) is 0 Å². The van der Waals surface area contributed by atoms with E-state index in [4.69, 9.17) is 18.9 Å². The first-order chi connectivity index (χ1) is 13.8. The molecule has 0 heterocycles. The fourth-order valence-electron chi connectivity index (χ4n) is 2.81. The predicted molar refractivity (Wildman–Crippen MR) is 105 cm³/mol. The summed E-state index contributed by atoms with van der Waals surface area (Å²) < 4.78 is 20.8. The maximum absolute atomic E-state index is 11.3. The molecule has 0 saturated heterocycles. The Morgan fingerprint density at radius 3 is 2.03 bits per heavy atom. The number of hydrogen-bond acceptors (Lipinski definition) is 7. The SMILES string of the molecule is COc1cc(C(COC(C)=O)Cc2ccc(OC(C)=O)cc2)ccc1OC(C)=O. The van der Waals surface area contributed by atoms with Crippen LogP contribution in [0.25, 0.3) is 0 Å². The Bertz CT molecular complexity index is 871. The minimum atomic E-state index is -0.444. The Balaban J connectivity index is 2.26. The van der Waals surface area contributed by atoms with E-state index in [1.54, 1.807) is 24.3 Å². The summed E-state index contributed by atoms with van der Waals surface area (Å²) in [7, 11) is 1.49. The minimum absolute atomic E-state index is 0.154. The molecule has 7 nitrogen and oxygen atoms in total. The Morgan fingerprint density at radius 2 is 1.48 bits per heavy atom. The quantitative estimate of drug-likeness (QED) is 0.495. The Kier molecular flexibility index (Phi) is 7.77. The third-order valence-corrected chi connectivity index (χ3v) is 4.07. The number of carbonyl (C=O) groups excluding carboxylic acids is 3. The number of hydrogen-bond donors (Lipinski definition) is 0. The van der Waals surface area contributed by atoms with Gasteiger partial charge in [-0.2, -0.15) is 0 Å². The number of benzene rings is 2. The molecular weight excluding hydrogens is 376 g/mol. The Labute approximate surface area is 169 Å². The number of esters is 3. The number of ether oxygens (including phenoxy) is 4. The lowest BCUT2D eigenvalue weighted by Gasteiger charge is -2.19. The van der Waals surface area contributed by atoms with Gasteiger partial charge in [0.05, 0.1) is 13.7 Å². The molecule has 0 saturated carbocycles. The van der Waals surface area contributed by atoms with Gasteiger partial charge in [-0.05, 0) is 41.8 Å².